The van der Waals surface area contributed by atoms with Crippen molar-refractivity contribution in [2.24, 2.45) is 0 Å². The van der Waals surface area contributed by atoms with Crippen molar-refractivity contribution in [3.63, 3.8) is 0 Å². The number of halogens is 1. The molecule has 1 aliphatic rings. The topological polar surface area (TPSA) is 67.1 Å². The lowest BCUT2D eigenvalue weighted by atomic mass is 10.2. The van der Waals surface area contributed by atoms with Crippen molar-refractivity contribution in [3.8, 4) is 0 Å². The molecule has 0 atom stereocenters. The van der Waals surface area contributed by atoms with Gasteiger partial charge in [-0.25, -0.2) is 4.98 Å². The SMILES string of the molecule is Brc1cnn2c(NCc3cccnc3)cc(NC3CCCC3)nc12. The Labute approximate surface area is 148 Å². The van der Waals surface area contributed by atoms with Gasteiger partial charge in [0, 0.05) is 31.0 Å². The van der Waals surface area contributed by atoms with Crippen molar-refractivity contribution >= 4 is 33.2 Å². The lowest BCUT2D eigenvalue weighted by Crippen LogP contribution is -2.16. The van der Waals surface area contributed by atoms with E-state index in [1.165, 1.54) is 25.7 Å². The van der Waals surface area contributed by atoms with E-state index in [0.717, 1.165) is 27.3 Å². The molecular weight excluding hydrogens is 368 g/mol. The van der Waals surface area contributed by atoms with Gasteiger partial charge in [0.2, 0.25) is 0 Å². The van der Waals surface area contributed by atoms with Crippen LogP contribution in [0.4, 0.5) is 11.6 Å². The van der Waals surface area contributed by atoms with Gasteiger partial charge in [-0.15, -0.1) is 0 Å². The second kappa shape index (κ2) is 6.76. The maximum atomic E-state index is 4.70. The Morgan fingerprint density at radius 2 is 2.12 bits per heavy atom. The van der Waals surface area contributed by atoms with Gasteiger partial charge in [-0.2, -0.15) is 9.61 Å². The summed E-state index contributed by atoms with van der Waals surface area (Å²) in [6.07, 6.45) is 10.4. The Bertz CT molecular complexity index is 826. The lowest BCUT2D eigenvalue weighted by molar-refractivity contribution is 0.749. The van der Waals surface area contributed by atoms with E-state index < -0.39 is 0 Å². The molecule has 1 saturated carbocycles. The molecule has 24 heavy (non-hydrogen) atoms. The minimum Gasteiger partial charge on any atom is -0.367 e. The number of nitrogens with one attached hydrogen (secondary N) is 2. The summed E-state index contributed by atoms with van der Waals surface area (Å²) in [7, 11) is 0. The summed E-state index contributed by atoms with van der Waals surface area (Å²) in [4.78, 5) is 8.86. The van der Waals surface area contributed by atoms with Crippen molar-refractivity contribution in [3.05, 3.63) is 46.8 Å². The maximum absolute atomic E-state index is 4.70. The number of anilines is 2. The normalized spacial score (nSPS) is 15.0. The first-order valence-corrected chi connectivity index (χ1v) is 9.02. The van der Waals surface area contributed by atoms with Gasteiger partial charge in [-0.1, -0.05) is 18.9 Å². The van der Waals surface area contributed by atoms with Crippen LogP contribution in [-0.4, -0.2) is 25.6 Å². The molecule has 124 valence electrons. The molecule has 3 aromatic rings. The first-order valence-electron chi connectivity index (χ1n) is 8.23. The molecule has 0 saturated heterocycles. The van der Waals surface area contributed by atoms with Gasteiger partial charge in [-0.3, -0.25) is 4.98 Å². The second-order valence-electron chi connectivity index (χ2n) is 6.10. The Morgan fingerprint density at radius 1 is 1.25 bits per heavy atom. The molecule has 3 heterocycles. The summed E-state index contributed by atoms with van der Waals surface area (Å²) in [6, 6.07) is 6.54. The summed E-state index contributed by atoms with van der Waals surface area (Å²) in [5.41, 5.74) is 1.94. The molecule has 4 rings (SSSR count). The molecule has 0 unspecified atom stereocenters. The van der Waals surface area contributed by atoms with Crippen molar-refractivity contribution in [2.75, 3.05) is 10.6 Å². The predicted octanol–water partition coefficient (Wildman–Crippen LogP) is 3.85. The van der Waals surface area contributed by atoms with Crippen LogP contribution in [0.15, 0.2) is 41.3 Å². The fraction of sp³-hybridized carbons (Fsp3) is 0.353. The third-order valence-electron chi connectivity index (χ3n) is 4.33. The molecule has 0 radical (unpaired) electrons. The van der Waals surface area contributed by atoms with Gasteiger partial charge < -0.3 is 10.6 Å². The zero-order valence-electron chi connectivity index (χ0n) is 13.2. The minimum atomic E-state index is 0.521. The van der Waals surface area contributed by atoms with Crippen molar-refractivity contribution in [1.82, 2.24) is 19.6 Å². The first-order chi connectivity index (χ1) is 11.8. The van der Waals surface area contributed by atoms with Crippen LogP contribution in [0.3, 0.4) is 0 Å². The number of aromatic nitrogens is 4. The number of hydrogen-bond acceptors (Lipinski definition) is 5. The van der Waals surface area contributed by atoms with Crippen LogP contribution >= 0.6 is 15.9 Å². The Morgan fingerprint density at radius 3 is 2.92 bits per heavy atom. The number of fused-ring (bicyclic) bond motifs is 1. The van der Waals surface area contributed by atoms with E-state index in [-0.39, 0.29) is 0 Å². The molecule has 0 bridgehead atoms. The summed E-state index contributed by atoms with van der Waals surface area (Å²) in [6.45, 7) is 0.688. The largest absolute Gasteiger partial charge is 0.367 e. The molecule has 0 aromatic carbocycles. The van der Waals surface area contributed by atoms with Crippen LogP contribution in [0.5, 0.6) is 0 Å². The third kappa shape index (κ3) is 3.21. The Kier molecular flexibility index (Phi) is 4.34. The molecule has 6 nitrogen and oxygen atoms in total. The Balaban J connectivity index is 1.62. The van der Waals surface area contributed by atoms with Crippen LogP contribution < -0.4 is 10.6 Å². The quantitative estimate of drug-likeness (QED) is 0.696. The fourth-order valence-electron chi connectivity index (χ4n) is 3.11. The third-order valence-corrected chi connectivity index (χ3v) is 4.89. The summed E-state index contributed by atoms with van der Waals surface area (Å²) in [5.74, 6) is 1.80. The van der Waals surface area contributed by atoms with Crippen molar-refractivity contribution in [2.45, 2.75) is 38.3 Å². The van der Waals surface area contributed by atoms with E-state index in [1.54, 1.807) is 12.4 Å². The van der Waals surface area contributed by atoms with Gasteiger partial charge >= 0.3 is 0 Å². The second-order valence-corrected chi connectivity index (χ2v) is 6.95. The average Bonchev–Trinajstić information content (AvgIpc) is 3.24. The van der Waals surface area contributed by atoms with Crippen LogP contribution in [-0.2, 0) is 6.54 Å². The standard InChI is InChI=1S/C17H19BrN6/c18-14-11-21-24-16(20-10-12-4-3-7-19-9-12)8-15(23-17(14)24)22-13-5-1-2-6-13/h3-4,7-9,11,13,20H,1-2,5-6,10H2,(H,22,23). The molecule has 0 amide bonds. The van der Waals surface area contributed by atoms with Crippen LogP contribution in [0.25, 0.3) is 5.65 Å². The van der Waals surface area contributed by atoms with Gasteiger partial charge in [0.05, 0.1) is 10.7 Å². The molecular formula is C17H19BrN6. The molecule has 1 fully saturated rings. The van der Waals surface area contributed by atoms with Crippen molar-refractivity contribution in [1.29, 1.82) is 0 Å². The lowest BCUT2D eigenvalue weighted by Gasteiger charge is -2.15. The maximum Gasteiger partial charge on any atom is 0.173 e. The number of nitrogens with zero attached hydrogens (tertiary/aromatic N) is 4. The highest BCUT2D eigenvalue weighted by Crippen LogP contribution is 2.26. The van der Waals surface area contributed by atoms with E-state index in [1.807, 2.05) is 22.8 Å². The molecule has 3 aromatic heterocycles. The molecule has 7 heteroatoms. The zero-order valence-corrected chi connectivity index (χ0v) is 14.8. The van der Waals surface area contributed by atoms with Gasteiger partial charge in [0.15, 0.2) is 5.65 Å². The molecule has 0 spiro atoms. The predicted molar refractivity (Wildman–Crippen MR) is 98.1 cm³/mol. The van der Waals surface area contributed by atoms with Crippen LogP contribution in [0.2, 0.25) is 0 Å². The minimum absolute atomic E-state index is 0.521. The smallest absolute Gasteiger partial charge is 0.173 e. The zero-order chi connectivity index (χ0) is 16.4. The highest BCUT2D eigenvalue weighted by Gasteiger charge is 2.17. The summed E-state index contributed by atoms with van der Waals surface area (Å²) in [5, 5.41) is 11.4. The van der Waals surface area contributed by atoms with E-state index in [4.69, 9.17) is 4.98 Å². The monoisotopic (exact) mass is 386 g/mol. The van der Waals surface area contributed by atoms with Crippen LogP contribution in [0.1, 0.15) is 31.2 Å². The first kappa shape index (κ1) is 15.4. The highest BCUT2D eigenvalue weighted by molar-refractivity contribution is 9.10. The number of rotatable bonds is 5. The van der Waals surface area contributed by atoms with Gasteiger partial charge in [0.1, 0.15) is 11.6 Å². The molecule has 2 N–H and O–H groups in total. The fourth-order valence-corrected chi connectivity index (χ4v) is 3.46. The number of pyridine rings is 1. The summed E-state index contributed by atoms with van der Waals surface area (Å²) >= 11 is 3.53. The van der Waals surface area contributed by atoms with E-state index in [2.05, 4.69) is 42.7 Å². The van der Waals surface area contributed by atoms with E-state index in [9.17, 15) is 0 Å². The molecule has 0 aliphatic heterocycles. The molecule has 1 aliphatic carbocycles. The van der Waals surface area contributed by atoms with Gasteiger partial charge in [0.25, 0.3) is 0 Å². The van der Waals surface area contributed by atoms with Crippen molar-refractivity contribution < 1.29 is 0 Å². The summed E-state index contributed by atoms with van der Waals surface area (Å²) < 4.78 is 2.71. The highest BCUT2D eigenvalue weighted by atomic mass is 79.9. The van der Waals surface area contributed by atoms with Crippen LogP contribution in [0, 0.1) is 0 Å². The van der Waals surface area contributed by atoms with E-state index >= 15 is 0 Å². The average molecular weight is 387 g/mol. The number of hydrogen-bond donors (Lipinski definition) is 2. The van der Waals surface area contributed by atoms with Gasteiger partial charge in [-0.05, 0) is 40.4 Å². The van der Waals surface area contributed by atoms with E-state index in [0.29, 0.717) is 12.6 Å². The Hall–Kier alpha value is -2.15.